The van der Waals surface area contributed by atoms with E-state index >= 15 is 0 Å². The van der Waals surface area contributed by atoms with Gasteiger partial charge in [0.2, 0.25) is 0 Å². The predicted octanol–water partition coefficient (Wildman–Crippen LogP) is 4.30. The second-order valence-corrected chi connectivity index (χ2v) is 7.50. The minimum Gasteiger partial charge on any atom is -0.345 e. The molecule has 3 aromatic rings. The van der Waals surface area contributed by atoms with E-state index in [-0.39, 0.29) is 11.9 Å². The molecule has 0 aliphatic heterocycles. The zero-order valence-electron chi connectivity index (χ0n) is 14.2. The molecule has 1 saturated carbocycles. The highest BCUT2D eigenvalue weighted by Gasteiger charge is 2.30. The number of nitrogens with zero attached hydrogens (tertiary/aromatic N) is 3. The van der Waals surface area contributed by atoms with Crippen molar-refractivity contribution in [3.63, 3.8) is 0 Å². The molecule has 1 N–H and O–H groups in total. The van der Waals surface area contributed by atoms with Crippen LogP contribution in [0.3, 0.4) is 0 Å². The Morgan fingerprint density at radius 2 is 1.85 bits per heavy atom. The van der Waals surface area contributed by atoms with Crippen molar-refractivity contribution in [2.24, 2.45) is 5.92 Å². The molecule has 1 aliphatic rings. The lowest BCUT2D eigenvalue weighted by Crippen LogP contribution is -2.36. The van der Waals surface area contributed by atoms with E-state index in [0.717, 1.165) is 28.6 Å². The van der Waals surface area contributed by atoms with Gasteiger partial charge in [0.25, 0.3) is 5.91 Å². The van der Waals surface area contributed by atoms with Gasteiger partial charge in [-0.2, -0.15) is 5.10 Å². The third-order valence-corrected chi connectivity index (χ3v) is 5.48. The minimum absolute atomic E-state index is 0.0463. The Kier molecular flexibility index (Phi) is 4.84. The Morgan fingerprint density at radius 3 is 2.42 bits per heavy atom. The lowest BCUT2D eigenvalue weighted by Gasteiger charge is -2.34. The van der Waals surface area contributed by atoms with E-state index < -0.39 is 0 Å². The van der Waals surface area contributed by atoms with Gasteiger partial charge in [-0.05, 0) is 60.7 Å². The van der Waals surface area contributed by atoms with E-state index in [4.69, 9.17) is 0 Å². The number of carbonyl (C=O) groups excluding carboxylic acids is 1. The van der Waals surface area contributed by atoms with Crippen molar-refractivity contribution in [3.8, 4) is 5.69 Å². The molecule has 26 heavy (non-hydrogen) atoms. The number of aromatic nitrogens is 3. The van der Waals surface area contributed by atoms with E-state index in [2.05, 4.69) is 43.5 Å². The van der Waals surface area contributed by atoms with Gasteiger partial charge in [-0.25, -0.2) is 9.67 Å². The van der Waals surface area contributed by atoms with Crippen LogP contribution in [-0.2, 0) is 0 Å². The van der Waals surface area contributed by atoms with E-state index in [0.29, 0.717) is 11.5 Å². The standard InChI is InChI=1S/C20H19BrN4O/c21-17-8-4-15(5-9-17)19(14-2-1-3-14)24-20(26)16-6-10-18(11-7-16)25-13-22-12-23-25/h4-14,19H,1-3H2,(H,24,26). The minimum atomic E-state index is -0.0463. The maximum atomic E-state index is 12.8. The first kappa shape index (κ1) is 17.0. The summed E-state index contributed by atoms with van der Waals surface area (Å²) in [7, 11) is 0. The fraction of sp³-hybridized carbons (Fsp3) is 0.250. The normalized spacial score (nSPS) is 15.3. The number of amides is 1. The Morgan fingerprint density at radius 1 is 1.12 bits per heavy atom. The summed E-state index contributed by atoms with van der Waals surface area (Å²) in [6, 6.07) is 15.7. The highest BCUT2D eigenvalue weighted by molar-refractivity contribution is 9.10. The van der Waals surface area contributed by atoms with Crippen molar-refractivity contribution in [1.29, 1.82) is 0 Å². The third-order valence-electron chi connectivity index (χ3n) is 4.95. The van der Waals surface area contributed by atoms with Crippen molar-refractivity contribution in [1.82, 2.24) is 20.1 Å². The van der Waals surface area contributed by atoms with Crippen LogP contribution in [-0.4, -0.2) is 20.7 Å². The molecule has 1 aliphatic carbocycles. The molecule has 1 aromatic heterocycles. The van der Waals surface area contributed by atoms with Crippen molar-refractivity contribution in [2.45, 2.75) is 25.3 Å². The van der Waals surface area contributed by atoms with Crippen LogP contribution < -0.4 is 5.32 Å². The van der Waals surface area contributed by atoms with Crippen LogP contribution in [0.2, 0.25) is 0 Å². The summed E-state index contributed by atoms with van der Waals surface area (Å²) in [4.78, 5) is 16.7. The smallest absolute Gasteiger partial charge is 0.251 e. The zero-order chi connectivity index (χ0) is 17.9. The van der Waals surface area contributed by atoms with Gasteiger partial charge in [-0.15, -0.1) is 0 Å². The number of hydrogen-bond acceptors (Lipinski definition) is 3. The molecule has 0 spiro atoms. The van der Waals surface area contributed by atoms with Gasteiger partial charge in [0, 0.05) is 10.0 Å². The van der Waals surface area contributed by atoms with Crippen LogP contribution in [0.25, 0.3) is 5.69 Å². The fourth-order valence-electron chi connectivity index (χ4n) is 3.25. The summed E-state index contributed by atoms with van der Waals surface area (Å²) < 4.78 is 2.71. The summed E-state index contributed by atoms with van der Waals surface area (Å²) in [5, 5.41) is 7.34. The second kappa shape index (κ2) is 7.41. The molecule has 5 nitrogen and oxygen atoms in total. The van der Waals surface area contributed by atoms with Crippen LogP contribution in [0.4, 0.5) is 0 Å². The molecule has 0 saturated heterocycles. The van der Waals surface area contributed by atoms with Crippen LogP contribution in [0, 0.1) is 5.92 Å². The molecule has 1 atom stereocenters. The van der Waals surface area contributed by atoms with Gasteiger partial charge in [0.1, 0.15) is 12.7 Å². The first-order valence-electron chi connectivity index (χ1n) is 8.72. The number of benzene rings is 2. The van der Waals surface area contributed by atoms with Gasteiger partial charge in [-0.1, -0.05) is 34.5 Å². The molecular formula is C20H19BrN4O. The largest absolute Gasteiger partial charge is 0.345 e. The molecule has 132 valence electrons. The molecule has 0 bridgehead atoms. The van der Waals surface area contributed by atoms with Gasteiger partial charge < -0.3 is 5.32 Å². The summed E-state index contributed by atoms with van der Waals surface area (Å²) in [5.74, 6) is 0.463. The first-order valence-corrected chi connectivity index (χ1v) is 9.51. The average molecular weight is 411 g/mol. The Hall–Kier alpha value is -2.47. The molecule has 1 heterocycles. The fourth-order valence-corrected chi connectivity index (χ4v) is 3.51. The Bertz CT molecular complexity index is 871. The third kappa shape index (κ3) is 3.55. The summed E-state index contributed by atoms with van der Waals surface area (Å²) >= 11 is 3.47. The molecule has 1 amide bonds. The van der Waals surface area contributed by atoms with Crippen molar-refractivity contribution >= 4 is 21.8 Å². The van der Waals surface area contributed by atoms with Crippen molar-refractivity contribution in [2.75, 3.05) is 0 Å². The van der Waals surface area contributed by atoms with Crippen LogP contribution in [0.15, 0.2) is 65.7 Å². The molecule has 2 aromatic carbocycles. The highest BCUT2D eigenvalue weighted by Crippen LogP contribution is 2.38. The van der Waals surface area contributed by atoms with E-state index in [9.17, 15) is 4.79 Å². The average Bonchev–Trinajstić information content (AvgIpc) is 3.15. The van der Waals surface area contributed by atoms with Crippen LogP contribution in [0.5, 0.6) is 0 Å². The van der Waals surface area contributed by atoms with E-state index in [1.165, 1.54) is 12.7 Å². The second-order valence-electron chi connectivity index (χ2n) is 6.58. The molecule has 0 radical (unpaired) electrons. The molecule has 4 rings (SSSR count). The quantitative estimate of drug-likeness (QED) is 0.681. The summed E-state index contributed by atoms with van der Waals surface area (Å²) in [6.45, 7) is 0. The van der Waals surface area contributed by atoms with Crippen molar-refractivity contribution in [3.05, 3.63) is 76.8 Å². The zero-order valence-corrected chi connectivity index (χ0v) is 15.8. The summed E-state index contributed by atoms with van der Waals surface area (Å²) in [6.07, 6.45) is 6.68. The number of carbonyl (C=O) groups is 1. The van der Waals surface area contributed by atoms with Crippen LogP contribution >= 0.6 is 15.9 Å². The van der Waals surface area contributed by atoms with E-state index in [1.54, 1.807) is 11.0 Å². The van der Waals surface area contributed by atoms with Gasteiger partial charge >= 0.3 is 0 Å². The SMILES string of the molecule is O=C(NC(c1ccc(Br)cc1)C1CCC1)c1ccc(-n2cncn2)cc1. The van der Waals surface area contributed by atoms with Gasteiger partial charge in [0.15, 0.2) is 0 Å². The molecular weight excluding hydrogens is 392 g/mol. The van der Waals surface area contributed by atoms with Crippen molar-refractivity contribution < 1.29 is 4.79 Å². The maximum Gasteiger partial charge on any atom is 0.251 e. The highest BCUT2D eigenvalue weighted by atomic mass is 79.9. The molecule has 1 unspecified atom stereocenters. The maximum absolute atomic E-state index is 12.8. The number of rotatable bonds is 5. The monoisotopic (exact) mass is 410 g/mol. The number of nitrogens with one attached hydrogen (secondary N) is 1. The lowest BCUT2D eigenvalue weighted by atomic mass is 9.77. The predicted molar refractivity (Wildman–Crippen MR) is 103 cm³/mol. The Labute approximate surface area is 160 Å². The molecule has 6 heteroatoms. The Balaban J connectivity index is 1.51. The lowest BCUT2D eigenvalue weighted by molar-refractivity contribution is 0.0900. The summed E-state index contributed by atoms with van der Waals surface area (Å²) in [5.41, 5.74) is 2.68. The van der Waals surface area contributed by atoms with Gasteiger partial charge in [0.05, 0.1) is 11.7 Å². The molecule has 1 fully saturated rings. The van der Waals surface area contributed by atoms with E-state index in [1.807, 2.05) is 36.4 Å². The van der Waals surface area contributed by atoms with Gasteiger partial charge in [-0.3, -0.25) is 4.79 Å². The first-order chi connectivity index (χ1) is 12.7. The number of halogens is 1. The number of hydrogen-bond donors (Lipinski definition) is 1. The topological polar surface area (TPSA) is 59.8 Å². The van der Waals surface area contributed by atoms with Crippen LogP contribution in [0.1, 0.15) is 41.2 Å².